The van der Waals surface area contributed by atoms with E-state index in [0.717, 1.165) is 6.07 Å². The summed E-state index contributed by atoms with van der Waals surface area (Å²) in [5.74, 6) is 0.0142. The minimum Gasteiger partial charge on any atom is -0.654 e. The fourth-order valence-electron chi connectivity index (χ4n) is 3.10. The number of benzene rings is 2. The third kappa shape index (κ3) is 3.64. The number of aliphatic imine (C=N–C) groups is 1. The molecular weight excluding hydrogens is 411 g/mol. The number of anilines is 1. The first-order valence-electron chi connectivity index (χ1n) is 8.87. The van der Waals surface area contributed by atoms with E-state index in [0.29, 0.717) is 11.3 Å². The zero-order valence-corrected chi connectivity index (χ0v) is 15.9. The summed E-state index contributed by atoms with van der Waals surface area (Å²) < 4.78 is 17.2. The first kappa shape index (κ1) is 19.9. The van der Waals surface area contributed by atoms with Crippen LogP contribution in [0.15, 0.2) is 64.9 Å². The lowest BCUT2D eigenvalue weighted by atomic mass is 9.70. The molecule has 13 heteroatoms. The zero-order valence-electron chi connectivity index (χ0n) is 15.9. The van der Waals surface area contributed by atoms with Gasteiger partial charge in [0.2, 0.25) is 0 Å². The fourth-order valence-corrected chi connectivity index (χ4v) is 3.10. The maximum absolute atomic E-state index is 11.1. The highest BCUT2D eigenvalue weighted by atomic mass is 16.8. The number of phenols is 1. The number of nitrogens with one attached hydrogen (secondary N) is 1. The lowest BCUT2D eigenvalue weighted by Crippen LogP contribution is -2.55. The van der Waals surface area contributed by atoms with Crippen molar-refractivity contribution in [2.24, 2.45) is 4.99 Å². The summed E-state index contributed by atoms with van der Waals surface area (Å²) in [6.07, 6.45) is 4.50. The van der Waals surface area contributed by atoms with Crippen molar-refractivity contribution in [1.29, 1.82) is 0 Å². The molecule has 0 aromatic heterocycles. The van der Waals surface area contributed by atoms with Crippen LogP contribution in [0.1, 0.15) is 0 Å². The first-order chi connectivity index (χ1) is 14.8. The van der Waals surface area contributed by atoms with E-state index in [1.54, 1.807) is 12.2 Å². The van der Waals surface area contributed by atoms with Gasteiger partial charge in [0.1, 0.15) is 17.2 Å². The van der Waals surface area contributed by atoms with Crippen LogP contribution < -0.4 is 9.97 Å². The van der Waals surface area contributed by atoms with Crippen molar-refractivity contribution in [2.75, 3.05) is 12.4 Å². The molecule has 2 aliphatic rings. The topological polar surface area (TPSA) is 159 Å². The number of hydrogen-bond acceptors (Lipinski definition) is 10. The second-order valence-electron chi connectivity index (χ2n) is 6.56. The maximum Gasteiger partial charge on any atom is 0.538 e. The van der Waals surface area contributed by atoms with E-state index < -0.39 is 16.6 Å². The number of rotatable bonds is 5. The number of nitro groups is 2. The Bertz CT molecular complexity index is 1200. The summed E-state index contributed by atoms with van der Waals surface area (Å²) in [5, 5.41) is 34.8. The van der Waals surface area contributed by atoms with Crippen LogP contribution in [-0.2, 0) is 9.31 Å². The van der Waals surface area contributed by atoms with Crippen molar-refractivity contribution < 1.29 is 28.9 Å². The van der Waals surface area contributed by atoms with Gasteiger partial charge in [0, 0.05) is 12.1 Å². The van der Waals surface area contributed by atoms with Gasteiger partial charge in [0.05, 0.1) is 39.6 Å². The van der Waals surface area contributed by atoms with Crippen LogP contribution in [0.4, 0.5) is 22.7 Å². The van der Waals surface area contributed by atoms with Crippen LogP contribution in [0.2, 0.25) is 0 Å². The van der Waals surface area contributed by atoms with Gasteiger partial charge in [-0.1, -0.05) is 6.08 Å². The Hall–Kier alpha value is -4.39. The van der Waals surface area contributed by atoms with Crippen LogP contribution in [0.3, 0.4) is 0 Å². The van der Waals surface area contributed by atoms with E-state index in [1.165, 1.54) is 43.7 Å². The third-order valence-corrected chi connectivity index (χ3v) is 4.65. The van der Waals surface area contributed by atoms with Gasteiger partial charge < -0.3 is 24.4 Å². The minimum absolute atomic E-state index is 0.0903. The van der Waals surface area contributed by atoms with E-state index >= 15 is 0 Å². The zero-order chi connectivity index (χ0) is 22.2. The Morgan fingerprint density at radius 1 is 1.10 bits per heavy atom. The molecule has 158 valence electrons. The Morgan fingerprint density at radius 2 is 1.81 bits per heavy atom. The molecule has 0 saturated carbocycles. The molecule has 0 fully saturated rings. The third-order valence-electron chi connectivity index (χ3n) is 4.65. The number of fused-ring (bicyclic) bond motifs is 2. The summed E-state index contributed by atoms with van der Waals surface area (Å²) in [7, 11) is 1.36. The second-order valence-corrected chi connectivity index (χ2v) is 6.56. The molecule has 2 N–H and O–H groups in total. The maximum atomic E-state index is 11.1. The quantitative estimate of drug-likeness (QED) is 0.317. The molecule has 2 aliphatic heterocycles. The van der Waals surface area contributed by atoms with Crippen molar-refractivity contribution in [3.63, 3.8) is 0 Å². The molecule has 12 nitrogen and oxygen atoms in total. The molecule has 31 heavy (non-hydrogen) atoms. The second kappa shape index (κ2) is 7.46. The molecule has 2 aromatic rings. The Balaban J connectivity index is 1.61. The van der Waals surface area contributed by atoms with Gasteiger partial charge in [-0.15, -0.1) is 0 Å². The number of aromatic hydroxyl groups is 1. The lowest BCUT2D eigenvalue weighted by Gasteiger charge is -2.48. The van der Waals surface area contributed by atoms with Gasteiger partial charge in [-0.3, -0.25) is 20.2 Å². The van der Waals surface area contributed by atoms with Crippen molar-refractivity contribution in [2.45, 2.75) is 0 Å². The fraction of sp³-hybridized carbons (Fsp3) is 0.0556. The predicted molar refractivity (Wildman–Crippen MR) is 110 cm³/mol. The highest BCUT2D eigenvalue weighted by Gasteiger charge is 2.43. The molecule has 1 atom stereocenters. The van der Waals surface area contributed by atoms with E-state index in [4.69, 9.17) is 14.0 Å². The number of allylic oxidation sites excluding steroid dienone is 3. The standard InChI is InChI=1S/C18H14BN4O8/c1-29-19-18(21-15-6-3-12(23(27)28)9-17(15)31-19)7-4-13(30-19)10-20-14-5-2-11(22(25)26)8-16(14)24/h2-10,21,24H,1H3/q-1. The average molecular weight is 425 g/mol. The number of non-ortho nitro benzene ring substituents is 2. The highest BCUT2D eigenvalue weighted by Crippen LogP contribution is 2.40. The smallest absolute Gasteiger partial charge is 0.538 e. The lowest BCUT2D eigenvalue weighted by molar-refractivity contribution is -0.385. The number of nitro benzene ring substituents is 2. The van der Waals surface area contributed by atoms with Crippen LogP contribution in [0.5, 0.6) is 11.5 Å². The van der Waals surface area contributed by atoms with E-state index in [2.05, 4.69) is 10.3 Å². The largest absolute Gasteiger partial charge is 0.654 e. The van der Waals surface area contributed by atoms with Crippen LogP contribution in [0, 0.1) is 20.2 Å². The highest BCUT2D eigenvalue weighted by molar-refractivity contribution is 6.71. The molecule has 0 radical (unpaired) electrons. The van der Waals surface area contributed by atoms with E-state index in [-0.39, 0.29) is 34.3 Å². The van der Waals surface area contributed by atoms with Crippen molar-refractivity contribution in [1.82, 2.24) is 0 Å². The van der Waals surface area contributed by atoms with E-state index in [1.807, 2.05) is 0 Å². The van der Waals surface area contributed by atoms with Gasteiger partial charge in [0.25, 0.3) is 11.4 Å². The summed E-state index contributed by atoms with van der Waals surface area (Å²) in [4.78, 5) is 24.7. The molecule has 0 aliphatic carbocycles. The number of hydrogen-bond donors (Lipinski definition) is 2. The van der Waals surface area contributed by atoms with Gasteiger partial charge >= 0.3 is 6.75 Å². The van der Waals surface area contributed by atoms with Crippen molar-refractivity contribution >= 4 is 35.7 Å². The summed E-state index contributed by atoms with van der Waals surface area (Å²) in [5.41, 5.74) is 0.632. The molecule has 0 amide bonds. The van der Waals surface area contributed by atoms with Crippen LogP contribution in [0.25, 0.3) is 0 Å². The number of phenolic OH excluding ortho intramolecular Hbond substituents is 1. The normalized spacial score (nSPS) is 19.1. The van der Waals surface area contributed by atoms with Gasteiger partial charge in [-0.2, -0.15) is 0 Å². The first-order valence-corrected chi connectivity index (χ1v) is 8.87. The summed E-state index contributed by atoms with van der Waals surface area (Å²) in [6.45, 7) is -2.53. The Kier molecular flexibility index (Phi) is 4.79. The van der Waals surface area contributed by atoms with Gasteiger partial charge in [-0.05, 0) is 30.9 Å². The van der Waals surface area contributed by atoms with Gasteiger partial charge in [-0.25, -0.2) is 4.99 Å². The summed E-state index contributed by atoms with van der Waals surface area (Å²) >= 11 is 0. The van der Waals surface area contributed by atoms with Crippen LogP contribution >= 0.6 is 0 Å². The van der Waals surface area contributed by atoms with Gasteiger partial charge in [0.15, 0.2) is 0 Å². The Morgan fingerprint density at radius 3 is 2.48 bits per heavy atom. The van der Waals surface area contributed by atoms with E-state index in [9.17, 15) is 25.3 Å². The molecular formula is C18H14BN4O8-. The monoisotopic (exact) mass is 425 g/mol. The average Bonchev–Trinajstić information content (AvgIpc) is 2.76. The number of nitrogens with zero attached hydrogens (tertiary/aromatic N) is 3. The van der Waals surface area contributed by atoms with Crippen molar-refractivity contribution in [3.05, 3.63) is 80.1 Å². The molecule has 0 saturated heterocycles. The predicted octanol–water partition coefficient (Wildman–Crippen LogP) is 3.34. The molecule has 0 bridgehead atoms. The molecule has 0 spiro atoms. The molecule has 2 aromatic carbocycles. The Labute approximate surface area is 174 Å². The SMILES string of the molecule is CO[B-]12OC(C=Nc3ccc([N+](=O)[O-])cc3O)=CC=C1Nc1ccc([N+](=O)[O-])cc1O2. The molecule has 1 unspecified atom stereocenters. The van der Waals surface area contributed by atoms with Crippen molar-refractivity contribution in [3.8, 4) is 11.5 Å². The summed E-state index contributed by atoms with van der Waals surface area (Å²) in [6, 6.07) is 7.60. The minimum atomic E-state index is -2.53. The van der Waals surface area contributed by atoms with Crippen LogP contribution in [-0.4, -0.2) is 35.0 Å². The molecule has 2 heterocycles. The molecule has 4 rings (SSSR count).